The second kappa shape index (κ2) is 19.2. The highest BCUT2D eigenvalue weighted by atomic mass is 15.1. The van der Waals surface area contributed by atoms with Crippen LogP contribution >= 0.6 is 0 Å². The van der Waals surface area contributed by atoms with E-state index >= 15 is 0 Å². The Morgan fingerprint density at radius 1 is 0.239 bits per heavy atom. The first-order chi connectivity index (χ1) is 45.6. The lowest BCUT2D eigenvalue weighted by molar-refractivity contribution is 1.05. The van der Waals surface area contributed by atoms with Crippen LogP contribution in [0.5, 0.6) is 0 Å². The summed E-state index contributed by atoms with van der Waals surface area (Å²) in [5.74, 6) is 0.754. The highest BCUT2D eigenvalue weighted by molar-refractivity contribution is 6.16. The van der Waals surface area contributed by atoms with E-state index in [4.69, 9.17) is 4.98 Å². The molecule has 0 aliphatic heterocycles. The van der Waals surface area contributed by atoms with E-state index in [1.54, 1.807) is 0 Å². The molecule has 426 valence electrons. The fourth-order valence-electron chi connectivity index (χ4n) is 15.5. The predicted octanol–water partition coefficient (Wildman–Crippen LogP) is 21.2. The van der Waals surface area contributed by atoms with Gasteiger partial charge in [0.1, 0.15) is 5.82 Å². The topological polar surface area (TPSA) is 66.3 Å². The van der Waals surface area contributed by atoms with Crippen LogP contribution in [0, 0.1) is 11.3 Å². The molecule has 0 amide bonds. The number of hydrogen-bond acceptors (Lipinski definition) is 2. The van der Waals surface area contributed by atoms with Gasteiger partial charge in [0.2, 0.25) is 0 Å². The first-order valence-electron chi connectivity index (χ1n) is 31.2. The maximum atomic E-state index is 10.3. The van der Waals surface area contributed by atoms with Gasteiger partial charge in [0.15, 0.2) is 0 Å². The van der Waals surface area contributed by atoms with Crippen molar-refractivity contribution in [2.24, 2.45) is 0 Å². The molecule has 0 unspecified atom stereocenters. The highest BCUT2D eigenvalue weighted by Crippen LogP contribution is 2.44. The van der Waals surface area contributed by atoms with Gasteiger partial charge in [-0.2, -0.15) is 5.26 Å². The van der Waals surface area contributed by atoms with Crippen molar-refractivity contribution in [3.63, 3.8) is 0 Å². The Morgan fingerprint density at radius 3 is 0.783 bits per heavy atom. The van der Waals surface area contributed by atoms with Crippen LogP contribution in [0.3, 0.4) is 0 Å². The van der Waals surface area contributed by atoms with E-state index in [0.717, 1.165) is 133 Å². The normalized spacial score (nSPS) is 12.1. The maximum absolute atomic E-state index is 10.3. The van der Waals surface area contributed by atoms with Gasteiger partial charge in [0.05, 0.1) is 89.7 Å². The number of aromatic nitrogens is 7. The zero-order valence-electron chi connectivity index (χ0n) is 49.4. The van der Waals surface area contributed by atoms with E-state index in [2.05, 4.69) is 325 Å². The minimum absolute atomic E-state index is 0.589. The van der Waals surface area contributed by atoms with Crippen LogP contribution < -0.4 is 0 Å². The molecule has 8 heteroatoms. The van der Waals surface area contributed by atoms with E-state index < -0.39 is 0 Å². The van der Waals surface area contributed by atoms with Crippen LogP contribution in [0.25, 0.3) is 176 Å². The molecule has 92 heavy (non-hydrogen) atoms. The number of nitriles is 1. The highest BCUT2D eigenvalue weighted by Gasteiger charge is 2.25. The molecule has 7 heterocycles. The first kappa shape index (κ1) is 50.3. The number of hydrogen-bond donors (Lipinski definition) is 0. The molecule has 7 aromatic heterocycles. The van der Waals surface area contributed by atoms with Gasteiger partial charge < -0.3 is 22.8 Å². The number of nitrogens with zero attached hydrogens (tertiary/aromatic N) is 8. The molecule has 20 aromatic rings. The van der Waals surface area contributed by atoms with Gasteiger partial charge in [0.25, 0.3) is 0 Å². The number of rotatable bonds is 7. The van der Waals surface area contributed by atoms with Crippen molar-refractivity contribution in [2.45, 2.75) is 0 Å². The van der Waals surface area contributed by atoms with Gasteiger partial charge in [-0.3, -0.25) is 4.57 Å². The summed E-state index contributed by atoms with van der Waals surface area (Å²) in [5.41, 5.74) is 20.8. The molecule has 0 spiro atoms. The van der Waals surface area contributed by atoms with Crippen LogP contribution in [0.1, 0.15) is 5.56 Å². The van der Waals surface area contributed by atoms with Crippen LogP contribution in [0.15, 0.2) is 303 Å². The van der Waals surface area contributed by atoms with Gasteiger partial charge in [-0.1, -0.05) is 182 Å². The zero-order valence-corrected chi connectivity index (χ0v) is 49.4. The molecular weight excluding hydrogens is 1120 g/mol. The van der Waals surface area contributed by atoms with Crippen molar-refractivity contribution in [3.05, 3.63) is 309 Å². The van der Waals surface area contributed by atoms with E-state index in [1.165, 1.54) is 43.1 Å². The quantitative estimate of drug-likeness (QED) is 0.160. The fraction of sp³-hybridized carbons (Fsp3) is 0. The van der Waals surface area contributed by atoms with E-state index in [1.807, 2.05) is 12.1 Å². The zero-order chi connectivity index (χ0) is 60.3. The Bertz CT molecular complexity index is 6030. The lowest BCUT2D eigenvalue weighted by atomic mass is 10.0. The Labute approximate surface area is 526 Å². The average Bonchev–Trinajstić information content (AvgIpc) is 1.58. The maximum Gasteiger partial charge on any atom is 0.138 e. The van der Waals surface area contributed by atoms with Gasteiger partial charge in [-0.15, -0.1) is 0 Å². The summed E-state index contributed by atoms with van der Waals surface area (Å²) in [7, 11) is 0. The van der Waals surface area contributed by atoms with Crippen molar-refractivity contribution in [2.75, 3.05) is 0 Å². The molecule has 13 aromatic carbocycles. The standard InChI is InChI=1S/C84H50N8/c85-50-52-33-35-53(36-34-52)70-49-84(92-81-47-56(89-75-29-13-5-21-62(75)63-22-6-14-30-76(63)89)39-43-68(81)69-44-40-57(48-82(69)92)90-77-31-15-7-23-64(77)65-24-8-16-32-78(65)90)86-51-83(70)91-79-45-54(87-71-25-9-1-17-58(71)59-18-2-10-26-72(59)87)37-41-66(79)67-42-38-55(46-80(67)91)88-73-27-11-3-19-60(73)61-20-4-12-28-74(61)88/h1-49,51H. The third-order valence-corrected chi connectivity index (χ3v) is 19.5. The number of pyridine rings is 1. The largest absolute Gasteiger partial charge is 0.309 e. The lowest BCUT2D eigenvalue weighted by Gasteiger charge is -2.18. The molecule has 0 N–H and O–H groups in total. The number of para-hydroxylation sites is 8. The summed E-state index contributed by atoms with van der Waals surface area (Å²) in [6, 6.07) is 110. The first-order valence-corrected chi connectivity index (χ1v) is 31.2. The molecule has 0 radical (unpaired) electrons. The Morgan fingerprint density at radius 2 is 0.500 bits per heavy atom. The Hall–Kier alpha value is -12.7. The lowest BCUT2D eigenvalue weighted by Crippen LogP contribution is -2.05. The second-order valence-electron chi connectivity index (χ2n) is 24.2. The van der Waals surface area contributed by atoms with Gasteiger partial charge in [-0.05, 0) is 121 Å². The molecule has 0 bridgehead atoms. The van der Waals surface area contributed by atoms with Crippen molar-refractivity contribution >= 4 is 131 Å². The van der Waals surface area contributed by atoms with Crippen LogP contribution in [-0.4, -0.2) is 32.4 Å². The summed E-state index contributed by atoms with van der Waals surface area (Å²) < 4.78 is 14.4. The fourth-order valence-corrected chi connectivity index (χ4v) is 15.5. The molecule has 0 aliphatic rings. The molecule has 0 saturated heterocycles. The van der Waals surface area contributed by atoms with Crippen molar-refractivity contribution in [1.29, 1.82) is 5.26 Å². The van der Waals surface area contributed by atoms with Gasteiger partial charge in [-0.25, -0.2) is 4.98 Å². The van der Waals surface area contributed by atoms with E-state index in [9.17, 15) is 5.26 Å². The monoisotopic (exact) mass is 1170 g/mol. The minimum Gasteiger partial charge on any atom is -0.309 e. The minimum atomic E-state index is 0.589. The molecule has 0 aliphatic carbocycles. The van der Waals surface area contributed by atoms with Crippen molar-refractivity contribution in [3.8, 4) is 51.5 Å². The number of benzene rings is 13. The van der Waals surface area contributed by atoms with Crippen LogP contribution in [-0.2, 0) is 0 Å². The van der Waals surface area contributed by atoms with Crippen LogP contribution in [0.2, 0.25) is 0 Å². The summed E-state index contributed by atoms with van der Waals surface area (Å²) in [6.07, 6.45) is 2.09. The summed E-state index contributed by atoms with van der Waals surface area (Å²) >= 11 is 0. The summed E-state index contributed by atoms with van der Waals surface area (Å²) in [6.45, 7) is 0. The molecule has 0 saturated carbocycles. The third-order valence-electron chi connectivity index (χ3n) is 19.5. The van der Waals surface area contributed by atoms with Crippen molar-refractivity contribution < 1.29 is 0 Å². The molecule has 20 rings (SSSR count). The summed E-state index contributed by atoms with van der Waals surface area (Å²) in [4.78, 5) is 5.77. The van der Waals surface area contributed by atoms with Gasteiger partial charge >= 0.3 is 0 Å². The molecular formula is C84H50N8. The van der Waals surface area contributed by atoms with Crippen LogP contribution in [0.4, 0.5) is 0 Å². The Kier molecular flexibility index (Phi) is 10.5. The third kappa shape index (κ3) is 7.07. The molecule has 8 nitrogen and oxygen atoms in total. The van der Waals surface area contributed by atoms with Gasteiger partial charge in [0, 0.05) is 92.9 Å². The predicted molar refractivity (Wildman–Crippen MR) is 380 cm³/mol. The van der Waals surface area contributed by atoms with E-state index in [-0.39, 0.29) is 0 Å². The number of fused-ring (bicyclic) bond motifs is 18. The van der Waals surface area contributed by atoms with E-state index in [0.29, 0.717) is 5.56 Å². The summed E-state index contributed by atoms with van der Waals surface area (Å²) in [5, 5.41) is 24.4. The second-order valence-corrected chi connectivity index (χ2v) is 24.2. The SMILES string of the molecule is N#Cc1ccc(-c2cc(-n3c4cc(-n5c6ccccc6c6ccccc65)ccc4c4ccc(-n5c6ccccc6c6ccccc65)cc43)ncc2-n2c3cc(-n4c5ccccc5c5ccccc54)ccc3c3ccc(-n4c5ccccc5c5ccccc54)cc32)cc1. The molecule has 0 atom stereocenters. The average molecular weight is 1170 g/mol. The Balaban J connectivity index is 0.893. The van der Waals surface area contributed by atoms with Crippen molar-refractivity contribution in [1.82, 2.24) is 32.4 Å². The smallest absolute Gasteiger partial charge is 0.138 e. The molecule has 0 fully saturated rings.